The molecule has 0 saturated heterocycles. The van der Waals surface area contributed by atoms with Gasteiger partial charge in [0.15, 0.2) is 6.61 Å². The number of aromatic nitrogens is 1. The van der Waals surface area contributed by atoms with Gasteiger partial charge in [-0.3, -0.25) is 4.79 Å². The van der Waals surface area contributed by atoms with Gasteiger partial charge in [0, 0.05) is 22.8 Å². The second-order valence-electron chi connectivity index (χ2n) is 4.21. The van der Waals surface area contributed by atoms with Gasteiger partial charge in [-0.05, 0) is 18.6 Å². The van der Waals surface area contributed by atoms with Crippen LogP contribution in [0.3, 0.4) is 0 Å². The van der Waals surface area contributed by atoms with Crippen LogP contribution in [0.4, 0.5) is 5.69 Å². The van der Waals surface area contributed by atoms with Crippen LogP contribution in [0.25, 0.3) is 0 Å². The third kappa shape index (κ3) is 4.24. The molecule has 0 saturated carbocycles. The Morgan fingerprint density at radius 3 is 3.05 bits per heavy atom. The highest BCUT2D eigenvalue weighted by atomic mass is 32.1. The highest BCUT2D eigenvalue weighted by Crippen LogP contribution is 2.14. The van der Waals surface area contributed by atoms with Gasteiger partial charge in [-0.2, -0.15) is 0 Å². The van der Waals surface area contributed by atoms with Gasteiger partial charge in [-0.15, -0.1) is 11.3 Å². The van der Waals surface area contributed by atoms with Crippen molar-refractivity contribution >= 4 is 22.9 Å². The van der Waals surface area contributed by atoms with E-state index in [9.17, 15) is 4.79 Å². The molecule has 0 spiro atoms. The quantitative estimate of drug-likeness (QED) is 0.798. The van der Waals surface area contributed by atoms with Crippen molar-refractivity contribution in [3.8, 4) is 5.75 Å². The molecule has 1 aromatic heterocycles. The van der Waals surface area contributed by atoms with Crippen molar-refractivity contribution < 1.29 is 9.53 Å². The smallest absolute Gasteiger partial charge is 0.258 e. The molecule has 5 nitrogen and oxygen atoms in total. The molecule has 0 bridgehead atoms. The highest BCUT2D eigenvalue weighted by Gasteiger charge is 2.05. The number of benzene rings is 1. The van der Waals surface area contributed by atoms with Crippen LogP contribution in [0.1, 0.15) is 16.8 Å². The summed E-state index contributed by atoms with van der Waals surface area (Å²) in [6.45, 7) is 2.48. The first-order valence-corrected chi connectivity index (χ1v) is 7.17. The molecule has 0 atom stereocenters. The molecular formula is C14H17N3O2S. The number of ether oxygens (including phenoxy) is 1. The van der Waals surface area contributed by atoms with Gasteiger partial charge >= 0.3 is 0 Å². The molecule has 1 heterocycles. The number of thiazole rings is 1. The van der Waals surface area contributed by atoms with Gasteiger partial charge in [-0.1, -0.05) is 13.0 Å². The van der Waals surface area contributed by atoms with Crippen molar-refractivity contribution in [2.24, 2.45) is 0 Å². The number of hydrogen-bond donors (Lipinski definition) is 2. The summed E-state index contributed by atoms with van der Waals surface area (Å²) < 4.78 is 5.35. The second kappa shape index (κ2) is 6.91. The van der Waals surface area contributed by atoms with E-state index in [1.807, 2.05) is 6.20 Å². The lowest BCUT2D eigenvalue weighted by atomic mass is 10.3. The van der Waals surface area contributed by atoms with E-state index in [0.29, 0.717) is 18.0 Å². The number of rotatable bonds is 6. The Morgan fingerprint density at radius 2 is 2.35 bits per heavy atom. The maximum absolute atomic E-state index is 11.7. The Kier molecular flexibility index (Phi) is 4.95. The van der Waals surface area contributed by atoms with Crippen LogP contribution in [0, 0.1) is 0 Å². The van der Waals surface area contributed by atoms with E-state index in [-0.39, 0.29) is 12.5 Å². The Bertz CT molecular complexity index is 583. The largest absolute Gasteiger partial charge is 0.484 e. The average molecular weight is 291 g/mol. The van der Waals surface area contributed by atoms with Gasteiger partial charge in [0.2, 0.25) is 0 Å². The molecule has 0 unspecified atom stereocenters. The monoisotopic (exact) mass is 291 g/mol. The first-order chi connectivity index (χ1) is 9.67. The van der Waals surface area contributed by atoms with Gasteiger partial charge in [0.1, 0.15) is 10.8 Å². The molecule has 0 aliphatic heterocycles. The summed E-state index contributed by atoms with van der Waals surface area (Å²) in [4.78, 5) is 17.1. The van der Waals surface area contributed by atoms with Crippen molar-refractivity contribution in [3.63, 3.8) is 0 Å². The molecule has 0 aliphatic carbocycles. The topological polar surface area (TPSA) is 77.2 Å². The summed E-state index contributed by atoms with van der Waals surface area (Å²) >= 11 is 1.61. The Hall–Kier alpha value is -2.08. The van der Waals surface area contributed by atoms with E-state index in [1.165, 1.54) is 4.88 Å². The first-order valence-electron chi connectivity index (χ1n) is 6.36. The number of aryl methyl sites for hydroxylation is 1. The molecule has 1 amide bonds. The van der Waals surface area contributed by atoms with Crippen molar-refractivity contribution in [2.75, 3.05) is 12.3 Å². The van der Waals surface area contributed by atoms with E-state index in [4.69, 9.17) is 10.5 Å². The summed E-state index contributed by atoms with van der Waals surface area (Å²) in [5, 5.41) is 3.68. The third-order valence-corrected chi connectivity index (χ3v) is 3.76. The summed E-state index contributed by atoms with van der Waals surface area (Å²) in [5.41, 5.74) is 6.24. The van der Waals surface area contributed by atoms with Gasteiger partial charge < -0.3 is 15.8 Å². The van der Waals surface area contributed by atoms with Crippen LogP contribution in [0.15, 0.2) is 30.5 Å². The van der Waals surface area contributed by atoms with Crippen molar-refractivity contribution in [2.45, 2.75) is 19.9 Å². The lowest BCUT2D eigenvalue weighted by Crippen LogP contribution is -2.28. The van der Waals surface area contributed by atoms with Gasteiger partial charge in [0.25, 0.3) is 5.91 Å². The molecule has 0 fully saturated rings. The van der Waals surface area contributed by atoms with Crippen LogP contribution in [0.5, 0.6) is 5.75 Å². The zero-order valence-electron chi connectivity index (χ0n) is 11.3. The minimum Gasteiger partial charge on any atom is -0.484 e. The number of nitrogens with zero attached hydrogens (tertiary/aromatic N) is 1. The average Bonchev–Trinajstić information content (AvgIpc) is 2.91. The van der Waals surface area contributed by atoms with E-state index in [2.05, 4.69) is 17.2 Å². The maximum atomic E-state index is 11.7. The Morgan fingerprint density at radius 1 is 1.50 bits per heavy atom. The molecular weight excluding hydrogens is 274 g/mol. The zero-order valence-corrected chi connectivity index (χ0v) is 12.1. The molecule has 6 heteroatoms. The Balaban J connectivity index is 1.75. The van der Waals surface area contributed by atoms with Crippen LogP contribution >= 0.6 is 11.3 Å². The number of anilines is 1. The molecule has 0 radical (unpaired) electrons. The number of amides is 1. The molecule has 3 N–H and O–H groups in total. The first kappa shape index (κ1) is 14.3. The summed E-state index contributed by atoms with van der Waals surface area (Å²) in [6.07, 6.45) is 2.81. The molecule has 1 aromatic carbocycles. The van der Waals surface area contributed by atoms with Crippen LogP contribution in [0.2, 0.25) is 0 Å². The predicted molar refractivity (Wildman–Crippen MR) is 79.7 cm³/mol. The fourth-order valence-corrected chi connectivity index (χ4v) is 2.37. The summed E-state index contributed by atoms with van der Waals surface area (Å²) in [6, 6.07) is 6.99. The van der Waals surface area contributed by atoms with Gasteiger partial charge in [-0.25, -0.2) is 4.98 Å². The van der Waals surface area contributed by atoms with E-state index >= 15 is 0 Å². The highest BCUT2D eigenvalue weighted by molar-refractivity contribution is 7.11. The van der Waals surface area contributed by atoms with Crippen molar-refractivity contribution in [1.82, 2.24) is 10.3 Å². The predicted octanol–water partition coefficient (Wildman–Crippen LogP) is 1.98. The maximum Gasteiger partial charge on any atom is 0.258 e. The van der Waals surface area contributed by atoms with Crippen LogP contribution in [-0.2, 0) is 17.8 Å². The Labute approximate surface area is 121 Å². The fraction of sp³-hybridized carbons (Fsp3) is 0.286. The third-order valence-electron chi connectivity index (χ3n) is 2.61. The van der Waals surface area contributed by atoms with Crippen LogP contribution in [-0.4, -0.2) is 17.5 Å². The second-order valence-corrected chi connectivity index (χ2v) is 5.41. The molecule has 106 valence electrons. The minimum absolute atomic E-state index is 0.0323. The SMILES string of the molecule is CCc1cnc(CNC(=O)COc2cccc(N)c2)s1. The number of carbonyl (C=O) groups excluding carboxylic acids is 1. The lowest BCUT2D eigenvalue weighted by molar-refractivity contribution is -0.123. The van der Waals surface area contributed by atoms with Crippen molar-refractivity contribution in [3.05, 3.63) is 40.3 Å². The van der Waals surface area contributed by atoms with Crippen LogP contribution < -0.4 is 15.8 Å². The molecule has 2 aromatic rings. The number of hydrogen-bond acceptors (Lipinski definition) is 5. The fourth-order valence-electron chi connectivity index (χ4n) is 1.57. The zero-order chi connectivity index (χ0) is 14.4. The van der Waals surface area contributed by atoms with E-state index < -0.39 is 0 Å². The van der Waals surface area contributed by atoms with Gasteiger partial charge in [0.05, 0.1) is 6.54 Å². The molecule has 0 aliphatic rings. The normalized spacial score (nSPS) is 10.2. The summed E-state index contributed by atoms with van der Waals surface area (Å²) in [5.74, 6) is 0.406. The number of nitrogen functional groups attached to an aromatic ring is 1. The van der Waals surface area contributed by atoms with E-state index in [1.54, 1.807) is 35.6 Å². The van der Waals surface area contributed by atoms with E-state index in [0.717, 1.165) is 11.4 Å². The molecule has 2 rings (SSSR count). The number of carbonyl (C=O) groups is 1. The van der Waals surface area contributed by atoms with Crippen molar-refractivity contribution in [1.29, 1.82) is 0 Å². The molecule has 20 heavy (non-hydrogen) atoms. The standard InChI is InChI=1S/C14H17N3O2S/c1-2-12-7-17-14(20-12)8-16-13(18)9-19-11-5-3-4-10(15)6-11/h3-7H,2,8-9,15H2,1H3,(H,16,18). The summed E-state index contributed by atoms with van der Waals surface area (Å²) in [7, 11) is 0. The number of nitrogens with two attached hydrogens (primary N) is 1. The minimum atomic E-state index is -0.180. The lowest BCUT2D eigenvalue weighted by Gasteiger charge is -2.06. The number of nitrogens with one attached hydrogen (secondary N) is 1.